The van der Waals surface area contributed by atoms with Crippen molar-refractivity contribution < 1.29 is 34.5 Å². The molecule has 3 aromatic carbocycles. The number of carboxylic acid groups (broad SMARTS) is 1. The minimum absolute atomic E-state index is 0.0523. The van der Waals surface area contributed by atoms with E-state index in [-0.39, 0.29) is 36.1 Å². The van der Waals surface area contributed by atoms with Gasteiger partial charge in [-0.3, -0.25) is 0 Å². The van der Waals surface area contributed by atoms with Crippen molar-refractivity contribution in [3.63, 3.8) is 0 Å². The number of aryl methyl sites for hydroxylation is 1. The van der Waals surface area contributed by atoms with Gasteiger partial charge in [-0.15, -0.1) is 20.3 Å². The number of benzene rings is 3. The number of rotatable bonds is 13. The number of amidine groups is 1. The van der Waals surface area contributed by atoms with E-state index >= 15 is 0 Å². The van der Waals surface area contributed by atoms with E-state index in [1.807, 2.05) is 43.3 Å². The van der Waals surface area contributed by atoms with Crippen molar-refractivity contribution in [1.82, 2.24) is 14.7 Å². The standard InChI is InChI=1S/C32H35N7O8/c1-4-7-26-35-28(32(2,3)43)27(30(40)41)37(26)18-20-10-14-22(15-11-20)24-8-5-6-9-25(24)29(33)36-38(34)31(42)47-23-16-12-21(13-17-23)19-46-39(44)45/h5-6,8-17,43H,4,7,18-19,34H2,1-3H3,(H2,33,36)(H,40,41). The Morgan fingerprint density at radius 2 is 1.70 bits per heavy atom. The normalized spacial score (nSPS) is 11.6. The van der Waals surface area contributed by atoms with Gasteiger partial charge in [-0.1, -0.05) is 67.6 Å². The lowest BCUT2D eigenvalue weighted by Gasteiger charge is -2.16. The highest BCUT2D eigenvalue weighted by Gasteiger charge is 2.31. The Labute approximate surface area is 269 Å². The van der Waals surface area contributed by atoms with Crippen LogP contribution in [0, 0.1) is 10.1 Å². The minimum Gasteiger partial charge on any atom is -0.477 e. The maximum atomic E-state index is 12.6. The van der Waals surface area contributed by atoms with E-state index < -0.39 is 22.8 Å². The molecule has 0 bridgehead atoms. The zero-order valence-electron chi connectivity index (χ0n) is 26.0. The molecule has 6 N–H and O–H groups in total. The van der Waals surface area contributed by atoms with Gasteiger partial charge in [0.05, 0.1) is 0 Å². The molecule has 0 aliphatic heterocycles. The molecule has 4 aromatic rings. The van der Waals surface area contributed by atoms with Crippen molar-refractivity contribution in [3.05, 3.63) is 117 Å². The number of hydrogen-bond acceptors (Lipinski definition) is 10. The van der Waals surface area contributed by atoms with Gasteiger partial charge in [0, 0.05) is 18.5 Å². The highest BCUT2D eigenvalue weighted by atomic mass is 16.9. The molecule has 15 heteroatoms. The van der Waals surface area contributed by atoms with Crippen molar-refractivity contribution in [2.24, 2.45) is 16.7 Å². The first-order valence-electron chi connectivity index (χ1n) is 14.5. The molecule has 0 aliphatic carbocycles. The van der Waals surface area contributed by atoms with E-state index in [1.165, 1.54) is 38.1 Å². The molecule has 1 heterocycles. The molecule has 0 unspecified atom stereocenters. The van der Waals surface area contributed by atoms with Crippen LogP contribution >= 0.6 is 0 Å². The summed E-state index contributed by atoms with van der Waals surface area (Å²) in [6, 6.07) is 20.3. The number of nitrogens with two attached hydrogens (primary N) is 2. The topological polar surface area (TPSA) is 222 Å². The third-order valence-electron chi connectivity index (χ3n) is 6.98. The Morgan fingerprint density at radius 1 is 1.06 bits per heavy atom. The van der Waals surface area contributed by atoms with Gasteiger partial charge in [-0.05, 0) is 54.7 Å². The Kier molecular flexibility index (Phi) is 10.5. The van der Waals surface area contributed by atoms with Crippen LogP contribution in [-0.2, 0) is 30.0 Å². The largest absolute Gasteiger partial charge is 0.477 e. The number of carboxylic acids is 1. The molecule has 0 atom stereocenters. The average Bonchev–Trinajstić information content (AvgIpc) is 3.39. The zero-order valence-corrected chi connectivity index (χ0v) is 26.0. The molecular formula is C32H35N7O8. The molecule has 47 heavy (non-hydrogen) atoms. The maximum Gasteiger partial charge on any atom is 0.451 e. The zero-order chi connectivity index (χ0) is 34.3. The lowest BCUT2D eigenvalue weighted by atomic mass is 9.98. The number of aliphatic hydroxyl groups is 1. The van der Waals surface area contributed by atoms with Crippen LogP contribution in [0.3, 0.4) is 0 Å². The third-order valence-corrected chi connectivity index (χ3v) is 6.98. The molecular weight excluding hydrogens is 610 g/mol. The van der Waals surface area contributed by atoms with Gasteiger partial charge in [0.2, 0.25) is 0 Å². The maximum absolute atomic E-state index is 12.6. The summed E-state index contributed by atoms with van der Waals surface area (Å²) in [5.74, 6) is 5.28. The highest BCUT2D eigenvalue weighted by Crippen LogP contribution is 2.28. The fraction of sp³-hybridized carbons (Fsp3) is 0.250. The van der Waals surface area contributed by atoms with Gasteiger partial charge < -0.3 is 30.1 Å². The van der Waals surface area contributed by atoms with Crippen LogP contribution in [0.15, 0.2) is 77.9 Å². The molecule has 0 aliphatic rings. The number of imidazole rings is 1. The Balaban J connectivity index is 1.52. The van der Waals surface area contributed by atoms with Crippen LogP contribution in [0.25, 0.3) is 11.1 Å². The first-order chi connectivity index (χ1) is 22.3. The van der Waals surface area contributed by atoms with Gasteiger partial charge in [0.25, 0.3) is 5.09 Å². The van der Waals surface area contributed by atoms with Crippen molar-refractivity contribution in [3.8, 4) is 16.9 Å². The molecule has 0 radical (unpaired) electrons. The van der Waals surface area contributed by atoms with E-state index in [2.05, 4.69) is 14.9 Å². The second-order valence-electron chi connectivity index (χ2n) is 11.0. The monoisotopic (exact) mass is 645 g/mol. The quantitative estimate of drug-likeness (QED) is 0.0403. The fourth-order valence-corrected chi connectivity index (χ4v) is 4.80. The summed E-state index contributed by atoms with van der Waals surface area (Å²) in [7, 11) is 0. The summed E-state index contributed by atoms with van der Waals surface area (Å²) in [6.45, 7) is 4.96. The molecule has 0 spiro atoms. The van der Waals surface area contributed by atoms with Crippen LogP contribution in [0.2, 0.25) is 0 Å². The summed E-state index contributed by atoms with van der Waals surface area (Å²) in [5, 5.41) is 34.5. The van der Waals surface area contributed by atoms with Gasteiger partial charge >= 0.3 is 12.1 Å². The van der Waals surface area contributed by atoms with Crippen LogP contribution < -0.4 is 16.3 Å². The number of carbonyl (C=O) groups is 2. The number of nitrogens with zero attached hydrogens (tertiary/aromatic N) is 5. The predicted octanol–water partition coefficient (Wildman–Crippen LogP) is 4.18. The van der Waals surface area contributed by atoms with E-state index in [9.17, 15) is 29.9 Å². The molecule has 4 rings (SSSR count). The second-order valence-corrected chi connectivity index (χ2v) is 11.0. The van der Waals surface area contributed by atoms with Crippen molar-refractivity contribution in [1.29, 1.82) is 0 Å². The number of hydrazine groups is 1. The summed E-state index contributed by atoms with van der Waals surface area (Å²) in [4.78, 5) is 43.9. The predicted molar refractivity (Wildman–Crippen MR) is 170 cm³/mol. The molecule has 246 valence electrons. The minimum atomic E-state index is -1.43. The third kappa shape index (κ3) is 8.47. The molecule has 1 aromatic heterocycles. The van der Waals surface area contributed by atoms with Crippen LogP contribution in [-0.4, -0.2) is 47.9 Å². The smallest absolute Gasteiger partial charge is 0.451 e. The van der Waals surface area contributed by atoms with Gasteiger partial charge in [0.1, 0.15) is 29.5 Å². The van der Waals surface area contributed by atoms with Crippen molar-refractivity contribution >= 4 is 17.9 Å². The second kappa shape index (κ2) is 14.5. The lowest BCUT2D eigenvalue weighted by molar-refractivity contribution is -0.763. The van der Waals surface area contributed by atoms with Gasteiger partial charge in [-0.25, -0.2) is 20.4 Å². The number of ether oxygens (including phenoxy) is 1. The Hall–Kier alpha value is -5.80. The lowest BCUT2D eigenvalue weighted by Crippen LogP contribution is -2.37. The first-order valence-corrected chi connectivity index (χ1v) is 14.5. The molecule has 0 fully saturated rings. The summed E-state index contributed by atoms with van der Waals surface area (Å²) < 4.78 is 6.83. The molecule has 1 amide bonds. The van der Waals surface area contributed by atoms with E-state index in [1.54, 1.807) is 16.7 Å². The number of hydrazone groups is 1. The van der Waals surface area contributed by atoms with Gasteiger partial charge in [-0.2, -0.15) is 0 Å². The number of hydrogen-bond donors (Lipinski definition) is 4. The average molecular weight is 646 g/mol. The van der Waals surface area contributed by atoms with E-state index in [0.29, 0.717) is 34.1 Å². The Morgan fingerprint density at radius 3 is 2.30 bits per heavy atom. The summed E-state index contributed by atoms with van der Waals surface area (Å²) in [6.07, 6.45) is 0.258. The van der Waals surface area contributed by atoms with Crippen LogP contribution in [0.1, 0.15) is 65.9 Å². The highest BCUT2D eigenvalue weighted by molar-refractivity contribution is 6.03. The number of aromatic nitrogens is 2. The fourth-order valence-electron chi connectivity index (χ4n) is 4.80. The van der Waals surface area contributed by atoms with Gasteiger partial charge in [0.15, 0.2) is 11.5 Å². The van der Waals surface area contributed by atoms with Crippen LogP contribution in [0.5, 0.6) is 5.75 Å². The Bertz CT molecular complexity index is 1780. The molecule has 15 nitrogen and oxygen atoms in total. The van der Waals surface area contributed by atoms with Crippen molar-refractivity contribution in [2.45, 2.75) is 52.4 Å². The first kappa shape index (κ1) is 34.1. The van der Waals surface area contributed by atoms with Crippen molar-refractivity contribution in [2.75, 3.05) is 0 Å². The van der Waals surface area contributed by atoms with E-state index in [0.717, 1.165) is 17.5 Å². The molecule has 0 saturated heterocycles. The summed E-state index contributed by atoms with van der Waals surface area (Å²) >= 11 is 0. The SMILES string of the molecule is CCCc1nc(C(C)(C)O)c(C(=O)O)n1Cc1ccc(-c2ccccc2/C(N)=N/N(N)C(=O)Oc2ccc(CO[N+](=O)[O-])cc2)cc1. The molecule has 0 saturated carbocycles. The number of amides is 1. The van der Waals surface area contributed by atoms with E-state index in [4.69, 9.17) is 16.3 Å². The van der Waals surface area contributed by atoms with Crippen LogP contribution in [0.4, 0.5) is 4.79 Å². The summed E-state index contributed by atoms with van der Waals surface area (Å²) in [5.41, 5.74) is 8.14. The number of aromatic carboxylic acids is 1. The number of carbonyl (C=O) groups excluding carboxylic acids is 1.